The van der Waals surface area contributed by atoms with Crippen molar-refractivity contribution < 1.29 is 28.6 Å². The zero-order valence-electron chi connectivity index (χ0n) is 16.2. The lowest BCUT2D eigenvalue weighted by molar-refractivity contribution is -0.155. The highest BCUT2D eigenvalue weighted by Crippen LogP contribution is 2.28. The fourth-order valence-corrected chi connectivity index (χ4v) is 2.34. The zero-order valence-corrected chi connectivity index (χ0v) is 16.2. The first-order valence-corrected chi connectivity index (χ1v) is 8.66. The van der Waals surface area contributed by atoms with Gasteiger partial charge >= 0.3 is 5.97 Å². The molecule has 0 unspecified atom stereocenters. The first-order chi connectivity index (χ1) is 13.8. The molecule has 0 saturated heterocycles. The van der Waals surface area contributed by atoms with Crippen molar-refractivity contribution in [2.45, 2.75) is 20.0 Å². The van der Waals surface area contributed by atoms with Crippen molar-refractivity contribution >= 4 is 23.3 Å². The number of hydrogen-bond donors (Lipinski definition) is 1. The Hall–Kier alpha value is -3.86. The number of carbonyl (C=O) groups excluding carboxylic acids is 3. The van der Waals surface area contributed by atoms with Gasteiger partial charge in [0.05, 0.1) is 18.7 Å². The Morgan fingerprint density at radius 1 is 1.14 bits per heavy atom. The second kappa shape index (κ2) is 9.90. The van der Waals surface area contributed by atoms with Gasteiger partial charge in [-0.2, -0.15) is 5.26 Å². The van der Waals surface area contributed by atoms with Gasteiger partial charge in [0.1, 0.15) is 0 Å². The summed E-state index contributed by atoms with van der Waals surface area (Å²) in [6, 6.07) is 12.9. The van der Waals surface area contributed by atoms with Crippen LogP contribution in [0.4, 0.5) is 5.69 Å². The maximum absolute atomic E-state index is 12.2. The number of amides is 1. The summed E-state index contributed by atoms with van der Waals surface area (Å²) in [6.45, 7) is 2.40. The SMILES string of the molecule is COc1cc(C(C)=O)ccc1OCC(=O)O[C@H](C)C(=O)Nc1cccc(C#N)c1. The minimum absolute atomic E-state index is 0.130. The number of rotatable bonds is 8. The maximum atomic E-state index is 12.2. The van der Waals surface area contributed by atoms with Crippen LogP contribution in [0.5, 0.6) is 11.5 Å². The molecular weight excluding hydrogens is 376 g/mol. The number of nitrogens with zero attached hydrogens (tertiary/aromatic N) is 1. The number of nitrogens with one attached hydrogen (secondary N) is 1. The van der Waals surface area contributed by atoms with Crippen molar-refractivity contribution in [2.24, 2.45) is 0 Å². The summed E-state index contributed by atoms with van der Waals surface area (Å²) in [5.41, 5.74) is 1.26. The second-order valence-corrected chi connectivity index (χ2v) is 6.02. The Morgan fingerprint density at radius 2 is 1.90 bits per heavy atom. The van der Waals surface area contributed by atoms with Crippen LogP contribution in [0, 0.1) is 11.3 Å². The van der Waals surface area contributed by atoms with Gasteiger partial charge in [0.2, 0.25) is 0 Å². The highest BCUT2D eigenvalue weighted by Gasteiger charge is 2.19. The van der Waals surface area contributed by atoms with E-state index in [0.29, 0.717) is 22.6 Å². The van der Waals surface area contributed by atoms with Crippen LogP contribution in [0.2, 0.25) is 0 Å². The van der Waals surface area contributed by atoms with Crippen LogP contribution in [0.15, 0.2) is 42.5 Å². The summed E-state index contributed by atoms with van der Waals surface area (Å²) < 4.78 is 15.6. The molecule has 0 aliphatic rings. The number of ether oxygens (including phenoxy) is 3. The van der Waals surface area contributed by atoms with E-state index in [0.717, 1.165) is 0 Å². The van der Waals surface area contributed by atoms with Gasteiger partial charge in [0.25, 0.3) is 5.91 Å². The van der Waals surface area contributed by atoms with Gasteiger partial charge in [-0.05, 0) is 50.2 Å². The maximum Gasteiger partial charge on any atom is 0.344 e. The first-order valence-electron chi connectivity index (χ1n) is 8.66. The zero-order chi connectivity index (χ0) is 21.4. The molecule has 150 valence electrons. The largest absolute Gasteiger partial charge is 0.493 e. The Bertz CT molecular complexity index is 964. The summed E-state index contributed by atoms with van der Waals surface area (Å²) in [7, 11) is 1.41. The van der Waals surface area contributed by atoms with Crippen molar-refractivity contribution in [3.05, 3.63) is 53.6 Å². The lowest BCUT2D eigenvalue weighted by Crippen LogP contribution is -2.31. The van der Waals surface area contributed by atoms with Crippen LogP contribution < -0.4 is 14.8 Å². The third-order valence-electron chi connectivity index (χ3n) is 3.85. The number of nitriles is 1. The molecular formula is C21H20N2O6. The fraction of sp³-hybridized carbons (Fsp3) is 0.238. The Balaban J connectivity index is 1.90. The quantitative estimate of drug-likeness (QED) is 0.539. The Kier molecular flexibility index (Phi) is 7.32. The summed E-state index contributed by atoms with van der Waals surface area (Å²) in [5, 5.41) is 11.5. The monoisotopic (exact) mass is 396 g/mol. The summed E-state index contributed by atoms with van der Waals surface area (Å²) in [6.07, 6.45) is -1.07. The van der Waals surface area contributed by atoms with E-state index in [9.17, 15) is 14.4 Å². The molecule has 0 aromatic heterocycles. The van der Waals surface area contributed by atoms with Gasteiger partial charge in [-0.3, -0.25) is 9.59 Å². The van der Waals surface area contributed by atoms with E-state index in [-0.39, 0.29) is 11.5 Å². The van der Waals surface area contributed by atoms with E-state index in [2.05, 4.69) is 5.32 Å². The topological polar surface area (TPSA) is 115 Å². The van der Waals surface area contributed by atoms with Crippen molar-refractivity contribution in [3.8, 4) is 17.6 Å². The van der Waals surface area contributed by atoms with E-state index in [4.69, 9.17) is 19.5 Å². The highest BCUT2D eigenvalue weighted by atomic mass is 16.6. The van der Waals surface area contributed by atoms with Crippen molar-refractivity contribution in [3.63, 3.8) is 0 Å². The molecule has 0 bridgehead atoms. The molecule has 2 aromatic carbocycles. The molecule has 8 heteroatoms. The predicted molar refractivity (Wildman–Crippen MR) is 104 cm³/mol. The van der Waals surface area contributed by atoms with Gasteiger partial charge in [-0.15, -0.1) is 0 Å². The van der Waals surface area contributed by atoms with E-state index in [1.54, 1.807) is 24.3 Å². The summed E-state index contributed by atoms with van der Waals surface area (Å²) >= 11 is 0. The molecule has 0 saturated carbocycles. The van der Waals surface area contributed by atoms with Gasteiger partial charge in [-0.1, -0.05) is 6.07 Å². The normalized spacial score (nSPS) is 11.0. The number of Topliss-reactive ketones (excluding diaryl/α,β-unsaturated/α-hetero) is 1. The number of ketones is 1. The molecule has 0 spiro atoms. The molecule has 0 fully saturated rings. The average molecular weight is 396 g/mol. The molecule has 1 N–H and O–H groups in total. The van der Waals surface area contributed by atoms with Crippen molar-refractivity contribution in [2.75, 3.05) is 19.0 Å². The molecule has 0 radical (unpaired) electrons. The number of methoxy groups -OCH3 is 1. The molecule has 29 heavy (non-hydrogen) atoms. The molecule has 1 amide bonds. The van der Waals surface area contributed by atoms with Gasteiger partial charge in [0.15, 0.2) is 30.0 Å². The third kappa shape index (κ3) is 6.07. The molecule has 1 atom stereocenters. The molecule has 0 heterocycles. The highest BCUT2D eigenvalue weighted by molar-refractivity contribution is 5.95. The third-order valence-corrected chi connectivity index (χ3v) is 3.85. The lowest BCUT2D eigenvalue weighted by atomic mass is 10.1. The number of esters is 1. The summed E-state index contributed by atoms with van der Waals surface area (Å²) in [4.78, 5) is 35.6. The first kappa shape index (κ1) is 21.4. The number of benzene rings is 2. The van der Waals surface area contributed by atoms with Gasteiger partial charge in [-0.25, -0.2) is 4.79 Å². The standard InChI is InChI=1S/C21H20N2O6/c1-13(24)16-7-8-18(19(10-16)27-3)28-12-20(25)29-14(2)21(26)23-17-6-4-5-15(9-17)11-22/h4-10,14H,12H2,1-3H3,(H,23,26)/t14-/m1/s1. The summed E-state index contributed by atoms with van der Waals surface area (Å²) in [5.74, 6) is -0.865. The Morgan fingerprint density at radius 3 is 2.55 bits per heavy atom. The van der Waals surface area contributed by atoms with E-state index in [1.807, 2.05) is 6.07 Å². The smallest absolute Gasteiger partial charge is 0.344 e. The van der Waals surface area contributed by atoms with Gasteiger partial charge < -0.3 is 19.5 Å². The minimum Gasteiger partial charge on any atom is -0.493 e. The number of anilines is 1. The molecule has 2 aromatic rings. The van der Waals surface area contributed by atoms with Crippen molar-refractivity contribution in [1.29, 1.82) is 5.26 Å². The van der Waals surface area contributed by atoms with Crippen LogP contribution in [-0.2, 0) is 14.3 Å². The second-order valence-electron chi connectivity index (χ2n) is 6.02. The van der Waals surface area contributed by atoms with E-state index >= 15 is 0 Å². The van der Waals surface area contributed by atoms with Crippen LogP contribution in [0.1, 0.15) is 29.8 Å². The van der Waals surface area contributed by atoms with Crippen molar-refractivity contribution in [1.82, 2.24) is 0 Å². The van der Waals surface area contributed by atoms with Crippen LogP contribution >= 0.6 is 0 Å². The molecule has 0 aliphatic heterocycles. The number of carbonyl (C=O) groups is 3. The predicted octanol–water partition coefficient (Wildman–Crippen LogP) is 2.72. The van der Waals surface area contributed by atoms with Crippen LogP contribution in [0.25, 0.3) is 0 Å². The molecule has 0 aliphatic carbocycles. The Labute approximate surface area is 168 Å². The number of hydrogen-bond acceptors (Lipinski definition) is 7. The molecule has 2 rings (SSSR count). The van der Waals surface area contributed by atoms with Gasteiger partial charge in [0, 0.05) is 11.3 Å². The van der Waals surface area contributed by atoms with E-state index in [1.165, 1.54) is 39.2 Å². The molecule has 8 nitrogen and oxygen atoms in total. The van der Waals surface area contributed by atoms with Crippen LogP contribution in [0.3, 0.4) is 0 Å². The van der Waals surface area contributed by atoms with E-state index < -0.39 is 24.6 Å². The fourth-order valence-electron chi connectivity index (χ4n) is 2.34. The lowest BCUT2D eigenvalue weighted by Gasteiger charge is -2.15. The van der Waals surface area contributed by atoms with Crippen LogP contribution in [-0.4, -0.2) is 37.5 Å². The average Bonchev–Trinajstić information content (AvgIpc) is 2.71. The minimum atomic E-state index is -1.07.